The molecule has 0 radical (unpaired) electrons. The summed E-state index contributed by atoms with van der Waals surface area (Å²) in [5, 5.41) is 17.2. The average Bonchev–Trinajstić information content (AvgIpc) is 3.45. The fraction of sp³-hybridized carbons (Fsp3) is 0.238. The molecule has 7 heteroatoms. The van der Waals surface area contributed by atoms with Crippen molar-refractivity contribution in [2.75, 3.05) is 0 Å². The van der Waals surface area contributed by atoms with Crippen molar-refractivity contribution in [3.63, 3.8) is 0 Å². The van der Waals surface area contributed by atoms with E-state index in [2.05, 4.69) is 15.6 Å². The minimum Gasteiger partial charge on any atom is -0.349 e. The smallest absolute Gasteiger partial charge is 0.266 e. The number of amides is 2. The van der Waals surface area contributed by atoms with Crippen molar-refractivity contribution in [1.82, 2.24) is 10.6 Å². The zero-order chi connectivity index (χ0) is 19.5. The monoisotopic (exact) mass is 390 g/mol. The molecule has 2 amide bonds. The van der Waals surface area contributed by atoms with Gasteiger partial charge in [0.15, 0.2) is 0 Å². The highest BCUT2D eigenvalue weighted by molar-refractivity contribution is 7.12. The number of aliphatic imine (C=N–C) groups is 1. The molecule has 2 aromatic rings. The van der Waals surface area contributed by atoms with Crippen LogP contribution in [0.5, 0.6) is 0 Å². The predicted molar refractivity (Wildman–Crippen MR) is 108 cm³/mol. The van der Waals surface area contributed by atoms with Crippen LogP contribution in [0.25, 0.3) is 5.70 Å². The molecule has 1 aliphatic carbocycles. The number of amidine groups is 1. The molecule has 1 saturated carbocycles. The van der Waals surface area contributed by atoms with Crippen LogP contribution in [0.3, 0.4) is 0 Å². The molecule has 1 aromatic carbocycles. The van der Waals surface area contributed by atoms with Gasteiger partial charge in [-0.2, -0.15) is 5.26 Å². The molecule has 0 bridgehead atoms. The molecule has 1 aliphatic heterocycles. The van der Waals surface area contributed by atoms with Gasteiger partial charge in [-0.1, -0.05) is 43.2 Å². The van der Waals surface area contributed by atoms with Crippen molar-refractivity contribution in [2.24, 2.45) is 4.99 Å². The first-order chi connectivity index (χ1) is 13.7. The number of carbonyl (C=O) groups excluding carboxylic acids is 2. The third-order valence-electron chi connectivity index (χ3n) is 4.90. The Bertz CT molecular complexity index is 1020. The minimum absolute atomic E-state index is 0.0280. The second kappa shape index (κ2) is 7.79. The van der Waals surface area contributed by atoms with Crippen LogP contribution in [-0.4, -0.2) is 23.7 Å². The molecule has 1 aromatic heterocycles. The Hall–Kier alpha value is -3.24. The molecule has 2 heterocycles. The molecule has 6 nitrogen and oxygen atoms in total. The van der Waals surface area contributed by atoms with E-state index >= 15 is 0 Å². The number of rotatable bonds is 3. The van der Waals surface area contributed by atoms with E-state index < -0.39 is 5.91 Å². The second-order valence-electron chi connectivity index (χ2n) is 6.73. The maximum absolute atomic E-state index is 12.7. The molecule has 0 unspecified atom stereocenters. The Kier molecular flexibility index (Phi) is 5.04. The first-order valence-corrected chi connectivity index (χ1v) is 10.0. The molecular formula is C21H18N4O2S. The SMILES string of the molecule is N#CC(C(=O)NC1CCCC1)=C1N=C(NC(=O)c2cccs2)c2ccccc21. The summed E-state index contributed by atoms with van der Waals surface area (Å²) in [6.07, 6.45) is 4.04. The molecule has 2 aliphatic rings. The number of thiophene rings is 1. The van der Waals surface area contributed by atoms with Gasteiger partial charge in [-0.05, 0) is 24.3 Å². The van der Waals surface area contributed by atoms with Gasteiger partial charge in [-0.25, -0.2) is 4.99 Å². The highest BCUT2D eigenvalue weighted by atomic mass is 32.1. The van der Waals surface area contributed by atoms with Crippen molar-refractivity contribution < 1.29 is 9.59 Å². The van der Waals surface area contributed by atoms with Crippen LogP contribution in [0.1, 0.15) is 46.5 Å². The Morgan fingerprint density at radius 2 is 1.86 bits per heavy atom. The topological polar surface area (TPSA) is 94.3 Å². The fourth-order valence-corrected chi connectivity index (χ4v) is 4.15. The van der Waals surface area contributed by atoms with E-state index in [0.717, 1.165) is 25.7 Å². The van der Waals surface area contributed by atoms with Gasteiger partial charge in [0.1, 0.15) is 17.5 Å². The predicted octanol–water partition coefficient (Wildman–Crippen LogP) is 3.23. The number of nitriles is 1. The normalized spacial score (nSPS) is 17.5. The van der Waals surface area contributed by atoms with Crippen molar-refractivity contribution >= 4 is 34.7 Å². The van der Waals surface area contributed by atoms with Crippen LogP contribution >= 0.6 is 11.3 Å². The maximum atomic E-state index is 12.7. The van der Waals surface area contributed by atoms with Gasteiger partial charge >= 0.3 is 0 Å². The number of hydrogen-bond donors (Lipinski definition) is 2. The Morgan fingerprint density at radius 3 is 2.54 bits per heavy atom. The first-order valence-electron chi connectivity index (χ1n) is 9.16. The van der Waals surface area contributed by atoms with Crippen molar-refractivity contribution in [3.05, 3.63) is 63.4 Å². The molecular weight excluding hydrogens is 372 g/mol. The number of hydrogen-bond acceptors (Lipinski definition) is 5. The zero-order valence-corrected chi connectivity index (χ0v) is 15.9. The second-order valence-corrected chi connectivity index (χ2v) is 7.68. The van der Waals surface area contributed by atoms with Crippen LogP contribution in [-0.2, 0) is 4.79 Å². The third-order valence-corrected chi connectivity index (χ3v) is 5.77. The Labute approximate surface area is 166 Å². The molecule has 2 N–H and O–H groups in total. The van der Waals surface area contributed by atoms with E-state index in [1.165, 1.54) is 11.3 Å². The highest BCUT2D eigenvalue weighted by Gasteiger charge is 2.28. The minimum atomic E-state index is -0.409. The van der Waals surface area contributed by atoms with E-state index in [4.69, 9.17) is 0 Å². The average molecular weight is 390 g/mol. The van der Waals surface area contributed by atoms with Gasteiger partial charge in [-0.15, -0.1) is 11.3 Å². The fourth-order valence-electron chi connectivity index (χ4n) is 3.53. The van der Waals surface area contributed by atoms with Gasteiger partial charge in [0.25, 0.3) is 11.8 Å². The number of nitrogens with one attached hydrogen (secondary N) is 2. The van der Waals surface area contributed by atoms with E-state index in [0.29, 0.717) is 27.5 Å². The molecule has 0 spiro atoms. The van der Waals surface area contributed by atoms with E-state index in [9.17, 15) is 14.9 Å². The lowest BCUT2D eigenvalue weighted by molar-refractivity contribution is -0.117. The van der Waals surface area contributed by atoms with Crippen molar-refractivity contribution in [3.8, 4) is 6.07 Å². The van der Waals surface area contributed by atoms with E-state index in [-0.39, 0.29) is 17.5 Å². The lowest BCUT2D eigenvalue weighted by Crippen LogP contribution is -2.33. The number of benzene rings is 1. The number of fused-ring (bicyclic) bond motifs is 1. The lowest BCUT2D eigenvalue weighted by Gasteiger charge is -2.11. The summed E-state index contributed by atoms with van der Waals surface area (Å²) in [6, 6.07) is 12.9. The summed E-state index contributed by atoms with van der Waals surface area (Å²) in [6.45, 7) is 0. The zero-order valence-electron chi connectivity index (χ0n) is 15.1. The van der Waals surface area contributed by atoms with E-state index in [1.807, 2.05) is 29.6 Å². The summed E-state index contributed by atoms with van der Waals surface area (Å²) in [4.78, 5) is 30.2. The van der Waals surface area contributed by atoms with Gasteiger partial charge in [0.2, 0.25) is 0 Å². The molecule has 1 fully saturated rings. The highest BCUT2D eigenvalue weighted by Crippen LogP contribution is 2.31. The summed E-state index contributed by atoms with van der Waals surface area (Å²) in [5.74, 6) is -0.321. The standard InChI is InChI=1S/C21H18N4O2S/c22-12-16(20(26)23-13-6-1-2-7-13)18-14-8-3-4-9-15(14)19(24-18)25-21(27)17-10-5-11-28-17/h3-5,8-11,13H,1-2,6-7H2,(H,23,26)(H,24,25,27). The largest absolute Gasteiger partial charge is 0.349 e. The Balaban J connectivity index is 1.68. The van der Waals surface area contributed by atoms with Gasteiger partial charge in [-0.3, -0.25) is 9.59 Å². The molecule has 28 heavy (non-hydrogen) atoms. The summed E-state index contributed by atoms with van der Waals surface area (Å²) in [7, 11) is 0. The molecule has 4 rings (SSSR count). The molecule has 0 saturated heterocycles. The van der Waals surface area contributed by atoms with Crippen molar-refractivity contribution in [1.29, 1.82) is 5.26 Å². The van der Waals surface area contributed by atoms with Crippen molar-refractivity contribution in [2.45, 2.75) is 31.7 Å². The summed E-state index contributed by atoms with van der Waals surface area (Å²) < 4.78 is 0. The van der Waals surface area contributed by atoms with Gasteiger partial charge in [0, 0.05) is 17.2 Å². The van der Waals surface area contributed by atoms with Gasteiger partial charge in [0.05, 0.1) is 10.6 Å². The van der Waals surface area contributed by atoms with Crippen LogP contribution in [0.2, 0.25) is 0 Å². The van der Waals surface area contributed by atoms with Crippen LogP contribution in [0.15, 0.2) is 52.3 Å². The van der Waals surface area contributed by atoms with Gasteiger partial charge < -0.3 is 10.6 Å². The summed E-state index contributed by atoms with van der Waals surface area (Å²) in [5.41, 5.74) is 1.64. The third kappa shape index (κ3) is 3.47. The van der Waals surface area contributed by atoms with Crippen LogP contribution in [0, 0.1) is 11.3 Å². The first kappa shape index (κ1) is 18.1. The van der Waals surface area contributed by atoms with Crippen LogP contribution in [0.4, 0.5) is 0 Å². The number of nitrogens with zero attached hydrogens (tertiary/aromatic N) is 2. The molecule has 140 valence electrons. The Morgan fingerprint density at radius 1 is 1.11 bits per heavy atom. The lowest BCUT2D eigenvalue weighted by atomic mass is 10.0. The van der Waals surface area contributed by atoms with Crippen LogP contribution < -0.4 is 10.6 Å². The number of carbonyl (C=O) groups is 2. The molecule has 0 atom stereocenters. The maximum Gasteiger partial charge on any atom is 0.266 e. The quantitative estimate of drug-likeness (QED) is 0.622. The van der Waals surface area contributed by atoms with E-state index in [1.54, 1.807) is 18.2 Å². The summed E-state index contributed by atoms with van der Waals surface area (Å²) >= 11 is 1.33.